The summed E-state index contributed by atoms with van der Waals surface area (Å²) in [6.07, 6.45) is 0. The van der Waals surface area contributed by atoms with Crippen molar-refractivity contribution in [1.82, 2.24) is 9.80 Å². The van der Waals surface area contributed by atoms with Crippen molar-refractivity contribution in [3.05, 3.63) is 59.7 Å². The Labute approximate surface area is 174 Å². The predicted molar refractivity (Wildman–Crippen MR) is 109 cm³/mol. The molecule has 1 atom stereocenters. The number of amides is 2. The standard InChI is InChI=1S/C22H25F2N3O3/c1-15-3-8-20(19(24)13-15)25-22(29)16(2)26-9-11-27(12-10-26)21(28)14-30-18-6-4-17(23)5-7-18/h3-8,13,16H,9-12,14H2,1-2H3,(H,25,29). The third kappa shape index (κ3) is 5.54. The van der Waals surface area contributed by atoms with E-state index in [2.05, 4.69) is 5.32 Å². The minimum absolute atomic E-state index is 0.131. The number of ether oxygens (including phenoxy) is 1. The van der Waals surface area contributed by atoms with Crippen molar-refractivity contribution in [1.29, 1.82) is 0 Å². The summed E-state index contributed by atoms with van der Waals surface area (Å²) in [4.78, 5) is 28.5. The van der Waals surface area contributed by atoms with Gasteiger partial charge in [0.2, 0.25) is 5.91 Å². The van der Waals surface area contributed by atoms with Crippen LogP contribution in [0, 0.1) is 18.6 Å². The summed E-state index contributed by atoms with van der Waals surface area (Å²) >= 11 is 0. The first-order valence-corrected chi connectivity index (χ1v) is 9.80. The molecule has 1 N–H and O–H groups in total. The number of carbonyl (C=O) groups is 2. The van der Waals surface area contributed by atoms with Gasteiger partial charge < -0.3 is 15.0 Å². The Balaban J connectivity index is 1.46. The van der Waals surface area contributed by atoms with Crippen LogP contribution in [0.3, 0.4) is 0 Å². The lowest BCUT2D eigenvalue weighted by atomic mass is 10.2. The molecule has 0 saturated carbocycles. The second-order valence-corrected chi connectivity index (χ2v) is 7.31. The zero-order valence-electron chi connectivity index (χ0n) is 17.0. The molecule has 0 radical (unpaired) electrons. The largest absolute Gasteiger partial charge is 0.484 e. The average Bonchev–Trinajstić information content (AvgIpc) is 2.74. The zero-order chi connectivity index (χ0) is 21.7. The molecule has 1 heterocycles. The average molecular weight is 417 g/mol. The fourth-order valence-corrected chi connectivity index (χ4v) is 3.25. The monoisotopic (exact) mass is 417 g/mol. The van der Waals surface area contributed by atoms with E-state index in [9.17, 15) is 18.4 Å². The molecule has 30 heavy (non-hydrogen) atoms. The number of halogens is 2. The number of nitrogens with zero attached hydrogens (tertiary/aromatic N) is 2. The molecule has 0 aromatic heterocycles. The molecule has 1 saturated heterocycles. The first-order valence-electron chi connectivity index (χ1n) is 9.80. The number of rotatable bonds is 6. The summed E-state index contributed by atoms with van der Waals surface area (Å²) in [6, 6.07) is 9.68. The van der Waals surface area contributed by atoms with E-state index in [1.807, 2.05) is 4.90 Å². The van der Waals surface area contributed by atoms with Crippen molar-refractivity contribution in [3.63, 3.8) is 0 Å². The number of benzene rings is 2. The van der Waals surface area contributed by atoms with Crippen molar-refractivity contribution >= 4 is 17.5 Å². The zero-order valence-corrected chi connectivity index (χ0v) is 17.0. The fourth-order valence-electron chi connectivity index (χ4n) is 3.25. The third-order valence-electron chi connectivity index (χ3n) is 5.15. The van der Waals surface area contributed by atoms with E-state index >= 15 is 0 Å². The summed E-state index contributed by atoms with van der Waals surface area (Å²) in [5.74, 6) is -0.868. The number of aryl methyl sites for hydroxylation is 1. The van der Waals surface area contributed by atoms with Gasteiger partial charge in [-0.05, 0) is 55.8 Å². The van der Waals surface area contributed by atoms with Gasteiger partial charge in [0, 0.05) is 26.2 Å². The highest BCUT2D eigenvalue weighted by atomic mass is 19.1. The fraction of sp³-hybridized carbons (Fsp3) is 0.364. The van der Waals surface area contributed by atoms with Crippen molar-refractivity contribution in [3.8, 4) is 5.75 Å². The highest BCUT2D eigenvalue weighted by Gasteiger charge is 2.28. The molecule has 0 spiro atoms. The van der Waals surface area contributed by atoms with Crippen LogP contribution in [0.2, 0.25) is 0 Å². The maximum atomic E-state index is 14.0. The van der Waals surface area contributed by atoms with Crippen LogP contribution in [-0.4, -0.2) is 60.4 Å². The molecule has 8 heteroatoms. The van der Waals surface area contributed by atoms with Crippen LogP contribution in [0.4, 0.5) is 14.5 Å². The summed E-state index contributed by atoms with van der Waals surface area (Å²) in [6.45, 7) is 5.37. The molecule has 0 bridgehead atoms. The lowest BCUT2D eigenvalue weighted by Gasteiger charge is -2.37. The SMILES string of the molecule is Cc1ccc(NC(=O)C(C)N2CCN(C(=O)COc3ccc(F)cc3)CC2)c(F)c1. The molecule has 0 aliphatic carbocycles. The smallest absolute Gasteiger partial charge is 0.260 e. The van der Waals surface area contributed by atoms with Crippen molar-refractivity contribution in [2.24, 2.45) is 0 Å². The minimum atomic E-state index is -0.466. The highest BCUT2D eigenvalue weighted by Crippen LogP contribution is 2.17. The van der Waals surface area contributed by atoms with Crippen LogP contribution in [-0.2, 0) is 9.59 Å². The second kappa shape index (κ2) is 9.67. The van der Waals surface area contributed by atoms with Crippen LogP contribution < -0.4 is 10.1 Å². The van der Waals surface area contributed by atoms with Crippen LogP contribution in [0.1, 0.15) is 12.5 Å². The van der Waals surface area contributed by atoms with E-state index in [4.69, 9.17) is 4.74 Å². The van der Waals surface area contributed by atoms with Crippen LogP contribution in [0.25, 0.3) is 0 Å². The molecule has 1 unspecified atom stereocenters. The molecule has 6 nitrogen and oxygen atoms in total. The Kier molecular flexibility index (Phi) is 6.99. The third-order valence-corrected chi connectivity index (χ3v) is 5.15. The first kappa shape index (κ1) is 21.7. The van der Waals surface area contributed by atoms with Crippen molar-refractivity contribution in [2.75, 3.05) is 38.1 Å². The molecular weight excluding hydrogens is 392 g/mol. The van der Waals surface area contributed by atoms with Gasteiger partial charge in [-0.2, -0.15) is 0 Å². The van der Waals surface area contributed by atoms with Crippen LogP contribution in [0.5, 0.6) is 5.75 Å². The van der Waals surface area contributed by atoms with Gasteiger partial charge in [-0.25, -0.2) is 8.78 Å². The van der Waals surface area contributed by atoms with Gasteiger partial charge in [0.1, 0.15) is 17.4 Å². The molecule has 1 aliphatic rings. The van der Waals surface area contributed by atoms with Gasteiger partial charge in [0.05, 0.1) is 11.7 Å². The van der Waals surface area contributed by atoms with E-state index in [0.717, 1.165) is 5.56 Å². The Hall–Kier alpha value is -3.00. The van der Waals surface area contributed by atoms with Crippen LogP contribution >= 0.6 is 0 Å². The Bertz CT molecular complexity index is 897. The number of carbonyl (C=O) groups excluding carboxylic acids is 2. The Morgan fingerprint density at radius 2 is 1.73 bits per heavy atom. The molecule has 2 aromatic carbocycles. The van der Waals surface area contributed by atoms with Crippen molar-refractivity contribution in [2.45, 2.75) is 19.9 Å². The summed E-state index contributed by atoms with van der Waals surface area (Å²) in [7, 11) is 0. The highest BCUT2D eigenvalue weighted by molar-refractivity contribution is 5.94. The molecule has 1 fully saturated rings. The number of piperazine rings is 1. The van der Waals surface area contributed by atoms with E-state index < -0.39 is 11.9 Å². The number of hydrogen-bond acceptors (Lipinski definition) is 4. The van der Waals surface area contributed by atoms with Crippen molar-refractivity contribution < 1.29 is 23.1 Å². The van der Waals surface area contributed by atoms with Gasteiger partial charge in [-0.15, -0.1) is 0 Å². The quantitative estimate of drug-likeness (QED) is 0.785. The van der Waals surface area contributed by atoms with Gasteiger partial charge >= 0.3 is 0 Å². The molecule has 1 aliphatic heterocycles. The molecule has 160 valence electrons. The number of hydrogen-bond donors (Lipinski definition) is 1. The van der Waals surface area contributed by atoms with E-state index in [1.165, 1.54) is 30.3 Å². The van der Waals surface area contributed by atoms with Gasteiger partial charge in [-0.3, -0.25) is 14.5 Å². The lowest BCUT2D eigenvalue weighted by Crippen LogP contribution is -2.54. The maximum Gasteiger partial charge on any atom is 0.260 e. The minimum Gasteiger partial charge on any atom is -0.484 e. The van der Waals surface area contributed by atoms with E-state index in [1.54, 1.807) is 30.9 Å². The molecular formula is C22H25F2N3O3. The Morgan fingerprint density at radius 1 is 1.07 bits per heavy atom. The summed E-state index contributed by atoms with van der Waals surface area (Å²) < 4.78 is 32.3. The topological polar surface area (TPSA) is 61.9 Å². The first-order chi connectivity index (χ1) is 14.3. The lowest BCUT2D eigenvalue weighted by molar-refractivity contribution is -0.135. The summed E-state index contributed by atoms with van der Waals surface area (Å²) in [5.41, 5.74) is 0.937. The Morgan fingerprint density at radius 3 is 2.37 bits per heavy atom. The summed E-state index contributed by atoms with van der Waals surface area (Å²) in [5, 5.41) is 2.63. The normalized spacial score (nSPS) is 15.5. The van der Waals surface area contributed by atoms with Gasteiger partial charge in [0.25, 0.3) is 5.91 Å². The molecule has 2 aromatic rings. The van der Waals surface area contributed by atoms with E-state index in [0.29, 0.717) is 31.9 Å². The number of nitrogens with one attached hydrogen (secondary N) is 1. The predicted octanol–water partition coefficient (Wildman–Crippen LogP) is 2.82. The van der Waals surface area contributed by atoms with E-state index in [-0.39, 0.29) is 29.9 Å². The second-order valence-electron chi connectivity index (χ2n) is 7.31. The maximum absolute atomic E-state index is 14.0. The number of anilines is 1. The van der Waals surface area contributed by atoms with Crippen LogP contribution in [0.15, 0.2) is 42.5 Å². The van der Waals surface area contributed by atoms with Gasteiger partial charge in [0.15, 0.2) is 6.61 Å². The molecule has 3 rings (SSSR count). The molecule has 2 amide bonds. The van der Waals surface area contributed by atoms with Gasteiger partial charge in [-0.1, -0.05) is 6.07 Å².